The van der Waals surface area contributed by atoms with Crippen LogP contribution in [0.3, 0.4) is 0 Å². The molecule has 2 aliphatic heterocycles. The number of aliphatic carboxylic acids is 1. The Hall–Kier alpha value is -3.31. The Labute approximate surface area is 212 Å². The van der Waals surface area contributed by atoms with Crippen LogP contribution >= 0.6 is 23.5 Å². The highest BCUT2D eigenvalue weighted by atomic mass is 32.2. The number of aliphatic hydroxyl groups is 1. The van der Waals surface area contributed by atoms with Gasteiger partial charge in [-0.3, -0.25) is 4.99 Å². The molecule has 5 N–H and O–H groups in total. The smallest absolute Gasteiger partial charge is 0.375 e. The number of ether oxygens (including phenoxy) is 1. The number of para-hydroxylation sites is 2. The molecule has 0 saturated heterocycles. The summed E-state index contributed by atoms with van der Waals surface area (Å²) in [5, 5.41) is 28.7. The number of thioether (sulfide) groups is 2. The molecular formula is C24H28N4O5S2. The van der Waals surface area contributed by atoms with Crippen LogP contribution in [0, 0.1) is 0 Å². The van der Waals surface area contributed by atoms with Crippen LogP contribution in [0.5, 0.6) is 0 Å². The summed E-state index contributed by atoms with van der Waals surface area (Å²) < 4.78 is 4.98. The van der Waals surface area contributed by atoms with Gasteiger partial charge in [0.25, 0.3) is 5.60 Å². The van der Waals surface area contributed by atoms with Crippen molar-refractivity contribution in [3.8, 4) is 0 Å². The first-order valence-electron chi connectivity index (χ1n) is 10.8. The van der Waals surface area contributed by atoms with Gasteiger partial charge in [0, 0.05) is 18.5 Å². The minimum absolute atomic E-state index is 0.0174. The zero-order valence-electron chi connectivity index (χ0n) is 19.4. The predicted molar refractivity (Wildman–Crippen MR) is 143 cm³/mol. The van der Waals surface area contributed by atoms with Crippen molar-refractivity contribution in [3.05, 3.63) is 70.5 Å². The number of allylic oxidation sites excluding steroid dienone is 3. The van der Waals surface area contributed by atoms with E-state index in [1.54, 1.807) is 19.6 Å². The topological polar surface area (TPSA) is 132 Å². The van der Waals surface area contributed by atoms with Crippen LogP contribution in [0.4, 0.5) is 11.4 Å². The highest BCUT2D eigenvalue weighted by Gasteiger charge is 2.54. The van der Waals surface area contributed by atoms with Gasteiger partial charge in [-0.1, -0.05) is 30.4 Å². The van der Waals surface area contributed by atoms with Crippen LogP contribution in [-0.4, -0.2) is 65.6 Å². The third kappa shape index (κ3) is 6.23. The SMILES string of the molecule is C1=CC2=C(C=CC1)NC=NC2.CNc1ccccc1NCSC1=C(O)C(=O)OC1(CSC)C(=O)O. The van der Waals surface area contributed by atoms with Crippen LogP contribution < -0.4 is 16.0 Å². The first-order valence-corrected chi connectivity index (χ1v) is 13.1. The Balaban J connectivity index is 0.000000256. The molecule has 1 unspecified atom stereocenters. The van der Waals surface area contributed by atoms with E-state index in [9.17, 15) is 19.8 Å². The average molecular weight is 517 g/mol. The molecule has 0 fully saturated rings. The number of anilines is 2. The molecule has 9 nitrogen and oxygen atoms in total. The van der Waals surface area contributed by atoms with Crippen molar-refractivity contribution < 1.29 is 24.5 Å². The molecule has 11 heteroatoms. The zero-order chi connectivity index (χ0) is 25.3. The van der Waals surface area contributed by atoms with Crippen molar-refractivity contribution >= 4 is 53.2 Å². The van der Waals surface area contributed by atoms with Gasteiger partial charge < -0.3 is 30.9 Å². The number of carbonyl (C=O) groups excluding carboxylic acids is 1. The van der Waals surface area contributed by atoms with Crippen molar-refractivity contribution in [1.29, 1.82) is 0 Å². The number of rotatable bonds is 8. The lowest BCUT2D eigenvalue weighted by atomic mass is 10.1. The van der Waals surface area contributed by atoms with E-state index in [0.717, 1.165) is 36.1 Å². The second kappa shape index (κ2) is 12.4. The summed E-state index contributed by atoms with van der Waals surface area (Å²) in [6.45, 7) is 0.809. The standard InChI is InChI=1S/C15H18N2O5S2.C9H10N2/c1-16-9-5-3-4-6-10(9)17-8-24-12-11(18)13(19)22-15(12,7-23-2)14(20)21;1-2-4-8-6-10-7-11-9(8)5-3-1/h3-6,16-18H,7-8H2,1-2H3,(H,20,21);2-5,7H,1,6H2,(H,10,11). The van der Waals surface area contributed by atoms with E-state index in [-0.39, 0.29) is 16.5 Å². The van der Waals surface area contributed by atoms with E-state index in [0.29, 0.717) is 0 Å². The van der Waals surface area contributed by atoms with Gasteiger partial charge in [0.15, 0.2) is 0 Å². The number of carboxylic acid groups (broad SMARTS) is 1. The summed E-state index contributed by atoms with van der Waals surface area (Å²) in [5.74, 6) is -2.66. The largest absolute Gasteiger partial charge is 0.501 e. The summed E-state index contributed by atoms with van der Waals surface area (Å²) in [6, 6.07) is 7.50. The summed E-state index contributed by atoms with van der Waals surface area (Å²) in [7, 11) is 1.79. The highest BCUT2D eigenvalue weighted by molar-refractivity contribution is 8.03. The number of aliphatic imine (C=N–C) groups is 1. The number of nitrogens with one attached hydrogen (secondary N) is 3. The van der Waals surface area contributed by atoms with Gasteiger partial charge in [-0.25, -0.2) is 9.59 Å². The summed E-state index contributed by atoms with van der Waals surface area (Å²) >= 11 is 2.26. The van der Waals surface area contributed by atoms with Gasteiger partial charge >= 0.3 is 11.9 Å². The van der Waals surface area contributed by atoms with Crippen molar-refractivity contribution in [2.75, 3.05) is 42.1 Å². The number of cyclic esters (lactones) is 1. The van der Waals surface area contributed by atoms with Gasteiger partial charge in [-0.2, -0.15) is 11.8 Å². The number of esters is 1. The van der Waals surface area contributed by atoms with E-state index in [2.05, 4.69) is 45.2 Å². The number of aliphatic hydroxyl groups excluding tert-OH is 1. The molecule has 0 spiro atoms. The highest BCUT2D eigenvalue weighted by Crippen LogP contribution is 2.41. The van der Waals surface area contributed by atoms with Gasteiger partial charge in [0.1, 0.15) is 0 Å². The minimum Gasteiger partial charge on any atom is -0.501 e. The molecule has 0 amide bonds. The lowest BCUT2D eigenvalue weighted by Crippen LogP contribution is -2.43. The second-order valence-corrected chi connectivity index (χ2v) is 9.34. The van der Waals surface area contributed by atoms with E-state index in [1.165, 1.54) is 23.0 Å². The zero-order valence-corrected chi connectivity index (χ0v) is 21.0. The molecule has 1 atom stereocenters. The molecule has 1 aliphatic carbocycles. The number of nitrogens with zero attached hydrogens (tertiary/aromatic N) is 1. The number of benzene rings is 1. The Morgan fingerprint density at radius 2 is 2.00 bits per heavy atom. The molecule has 1 aromatic carbocycles. The third-order valence-corrected chi connectivity index (χ3v) is 7.00. The fraction of sp³-hybridized carbons (Fsp3) is 0.292. The van der Waals surface area contributed by atoms with Gasteiger partial charge in [0.2, 0.25) is 5.76 Å². The Bertz CT molecular complexity index is 1090. The van der Waals surface area contributed by atoms with E-state index in [1.807, 2.05) is 24.3 Å². The van der Waals surface area contributed by atoms with Crippen LogP contribution in [0.2, 0.25) is 0 Å². The van der Waals surface area contributed by atoms with Crippen LogP contribution in [0.25, 0.3) is 0 Å². The fourth-order valence-corrected chi connectivity index (χ4v) is 5.32. The number of carbonyl (C=O) groups is 2. The first kappa shape index (κ1) is 26.3. The van der Waals surface area contributed by atoms with Gasteiger partial charge in [-0.05, 0) is 36.5 Å². The monoisotopic (exact) mass is 516 g/mol. The molecule has 35 heavy (non-hydrogen) atoms. The number of carboxylic acids is 1. The Morgan fingerprint density at radius 1 is 1.26 bits per heavy atom. The maximum absolute atomic E-state index is 11.7. The Kier molecular flexibility index (Phi) is 9.32. The molecule has 0 radical (unpaired) electrons. The molecule has 0 aromatic heterocycles. The fourth-order valence-electron chi connectivity index (χ4n) is 3.47. The number of hydrogen-bond acceptors (Lipinski definition) is 10. The molecule has 4 rings (SSSR count). The van der Waals surface area contributed by atoms with E-state index in [4.69, 9.17) is 4.74 Å². The van der Waals surface area contributed by atoms with E-state index < -0.39 is 23.3 Å². The maximum Gasteiger partial charge on any atom is 0.375 e. The third-order valence-electron chi connectivity index (χ3n) is 5.21. The predicted octanol–water partition coefficient (Wildman–Crippen LogP) is 3.73. The first-order chi connectivity index (χ1) is 16.9. The summed E-state index contributed by atoms with van der Waals surface area (Å²) in [4.78, 5) is 27.5. The molecule has 2 heterocycles. The van der Waals surface area contributed by atoms with Crippen molar-refractivity contribution in [2.24, 2.45) is 4.99 Å². The van der Waals surface area contributed by atoms with Crippen molar-refractivity contribution in [3.63, 3.8) is 0 Å². The van der Waals surface area contributed by atoms with Crippen LogP contribution in [0.15, 0.2) is 75.5 Å². The lowest BCUT2D eigenvalue weighted by Gasteiger charge is -2.24. The Morgan fingerprint density at radius 3 is 2.71 bits per heavy atom. The molecule has 0 saturated carbocycles. The normalized spacial score (nSPS) is 20.3. The molecule has 1 aromatic rings. The summed E-state index contributed by atoms with van der Waals surface area (Å²) in [6.07, 6.45) is 13.0. The van der Waals surface area contributed by atoms with Crippen molar-refractivity contribution in [2.45, 2.75) is 12.0 Å². The van der Waals surface area contributed by atoms with Crippen LogP contribution in [0.1, 0.15) is 6.42 Å². The summed E-state index contributed by atoms with van der Waals surface area (Å²) in [5.41, 5.74) is 2.33. The van der Waals surface area contributed by atoms with Crippen molar-refractivity contribution in [1.82, 2.24) is 5.32 Å². The quantitative estimate of drug-likeness (QED) is 0.257. The van der Waals surface area contributed by atoms with Gasteiger partial charge in [-0.15, -0.1) is 11.8 Å². The maximum atomic E-state index is 11.7. The molecule has 186 valence electrons. The van der Waals surface area contributed by atoms with Crippen LogP contribution in [-0.2, 0) is 14.3 Å². The van der Waals surface area contributed by atoms with E-state index >= 15 is 0 Å². The second-order valence-electron chi connectivity index (χ2n) is 7.49. The van der Waals surface area contributed by atoms with Gasteiger partial charge in [0.05, 0.1) is 35.0 Å². The average Bonchev–Trinajstić information content (AvgIpc) is 3.01. The number of hydrogen-bond donors (Lipinski definition) is 5. The lowest BCUT2D eigenvalue weighted by molar-refractivity contribution is -0.165. The molecule has 3 aliphatic rings. The molecule has 0 bridgehead atoms. The molecular weight excluding hydrogens is 488 g/mol. The minimum atomic E-state index is -1.84.